The standard InChI is InChI=1S/C20H15F3N2O5S/c21-15-7-8-16(20(23)19(15)22)25-17(26)11-30-18(27)10-24-31(28,29)14-6-5-12-3-1-2-4-13(12)9-14/h1-9,24H,10-11H2,(H,25,26). The van der Waals surface area contributed by atoms with Gasteiger partial charge in [0.1, 0.15) is 6.54 Å². The Labute approximate surface area is 174 Å². The van der Waals surface area contributed by atoms with Gasteiger partial charge < -0.3 is 10.1 Å². The van der Waals surface area contributed by atoms with Gasteiger partial charge in [-0.25, -0.2) is 21.6 Å². The molecule has 7 nitrogen and oxygen atoms in total. The second-order valence-electron chi connectivity index (χ2n) is 6.27. The molecule has 3 aromatic carbocycles. The van der Waals surface area contributed by atoms with Crippen molar-refractivity contribution in [1.29, 1.82) is 0 Å². The zero-order chi connectivity index (χ0) is 22.6. The fourth-order valence-electron chi connectivity index (χ4n) is 2.58. The second-order valence-corrected chi connectivity index (χ2v) is 8.03. The maximum absolute atomic E-state index is 13.5. The van der Waals surface area contributed by atoms with Gasteiger partial charge in [-0.05, 0) is 35.0 Å². The van der Waals surface area contributed by atoms with E-state index in [9.17, 15) is 31.2 Å². The third-order valence-corrected chi connectivity index (χ3v) is 5.51. The van der Waals surface area contributed by atoms with E-state index < -0.39 is 58.2 Å². The Balaban J connectivity index is 1.53. The summed E-state index contributed by atoms with van der Waals surface area (Å²) in [6, 6.07) is 12.9. The molecule has 0 radical (unpaired) electrons. The highest BCUT2D eigenvalue weighted by Crippen LogP contribution is 2.20. The van der Waals surface area contributed by atoms with Crippen molar-refractivity contribution in [3.8, 4) is 0 Å². The molecule has 0 unspecified atom stereocenters. The third kappa shape index (κ3) is 5.38. The summed E-state index contributed by atoms with van der Waals surface area (Å²) >= 11 is 0. The Bertz CT molecular complexity index is 1260. The van der Waals surface area contributed by atoms with Crippen LogP contribution >= 0.6 is 0 Å². The number of rotatable bonds is 7. The summed E-state index contributed by atoms with van der Waals surface area (Å²) in [6.07, 6.45) is 0. The van der Waals surface area contributed by atoms with E-state index >= 15 is 0 Å². The number of ether oxygens (including phenoxy) is 1. The van der Waals surface area contributed by atoms with E-state index in [1.807, 2.05) is 17.4 Å². The number of hydrogen-bond donors (Lipinski definition) is 2. The number of hydrogen-bond acceptors (Lipinski definition) is 5. The fraction of sp³-hybridized carbons (Fsp3) is 0.100. The number of anilines is 1. The molecule has 0 heterocycles. The monoisotopic (exact) mass is 452 g/mol. The predicted molar refractivity (Wildman–Crippen MR) is 105 cm³/mol. The van der Waals surface area contributed by atoms with Gasteiger partial charge in [0, 0.05) is 0 Å². The first-order valence-electron chi connectivity index (χ1n) is 8.75. The molecule has 0 aliphatic carbocycles. The summed E-state index contributed by atoms with van der Waals surface area (Å²) in [5, 5.41) is 3.44. The van der Waals surface area contributed by atoms with Gasteiger partial charge in [0.15, 0.2) is 24.1 Å². The lowest BCUT2D eigenvalue weighted by molar-refractivity contribution is -0.146. The predicted octanol–water partition coefficient (Wildman–Crippen LogP) is 2.72. The number of nitrogens with one attached hydrogen (secondary N) is 2. The Morgan fingerprint density at radius 1 is 0.903 bits per heavy atom. The largest absolute Gasteiger partial charge is 0.455 e. The first-order chi connectivity index (χ1) is 14.7. The van der Waals surface area contributed by atoms with Crippen molar-refractivity contribution in [2.24, 2.45) is 0 Å². The highest BCUT2D eigenvalue weighted by atomic mass is 32.2. The van der Waals surface area contributed by atoms with E-state index in [0.717, 1.165) is 11.5 Å². The topological polar surface area (TPSA) is 102 Å². The van der Waals surface area contributed by atoms with Crippen molar-refractivity contribution in [2.45, 2.75) is 4.90 Å². The smallest absolute Gasteiger partial charge is 0.321 e. The minimum Gasteiger partial charge on any atom is -0.455 e. The summed E-state index contributed by atoms with van der Waals surface area (Å²) < 4.78 is 70.9. The molecule has 0 atom stereocenters. The molecule has 162 valence electrons. The van der Waals surface area contributed by atoms with Crippen LogP contribution in [0.2, 0.25) is 0 Å². The van der Waals surface area contributed by atoms with E-state index in [1.165, 1.54) is 12.1 Å². The van der Waals surface area contributed by atoms with Gasteiger partial charge in [-0.3, -0.25) is 9.59 Å². The van der Waals surface area contributed by atoms with Crippen LogP contribution in [-0.4, -0.2) is 33.4 Å². The number of sulfonamides is 1. The van der Waals surface area contributed by atoms with Crippen LogP contribution < -0.4 is 10.0 Å². The fourth-order valence-corrected chi connectivity index (χ4v) is 3.58. The minimum atomic E-state index is -4.03. The molecular formula is C20H15F3N2O5S. The van der Waals surface area contributed by atoms with Gasteiger partial charge >= 0.3 is 5.97 Å². The zero-order valence-electron chi connectivity index (χ0n) is 15.7. The molecule has 1 amide bonds. The van der Waals surface area contributed by atoms with E-state index in [2.05, 4.69) is 9.46 Å². The number of esters is 1. The Kier molecular flexibility index (Phi) is 6.56. The summed E-state index contributed by atoms with van der Waals surface area (Å²) in [5.74, 6) is -6.91. The number of carbonyl (C=O) groups excluding carboxylic acids is 2. The summed E-state index contributed by atoms with van der Waals surface area (Å²) in [4.78, 5) is 23.4. The Morgan fingerprint density at radius 3 is 2.35 bits per heavy atom. The number of amides is 1. The highest BCUT2D eigenvalue weighted by molar-refractivity contribution is 7.89. The number of halogens is 3. The first-order valence-corrected chi connectivity index (χ1v) is 10.2. The highest BCUT2D eigenvalue weighted by Gasteiger charge is 2.18. The molecule has 0 spiro atoms. The molecule has 0 aliphatic rings. The number of fused-ring (bicyclic) bond motifs is 1. The molecular weight excluding hydrogens is 437 g/mol. The van der Waals surface area contributed by atoms with Gasteiger partial charge in [0.2, 0.25) is 10.0 Å². The van der Waals surface area contributed by atoms with E-state index in [4.69, 9.17) is 0 Å². The maximum Gasteiger partial charge on any atom is 0.321 e. The van der Waals surface area contributed by atoms with Crippen molar-refractivity contribution in [2.75, 3.05) is 18.5 Å². The van der Waals surface area contributed by atoms with Crippen molar-refractivity contribution in [3.05, 3.63) is 72.0 Å². The molecule has 3 aromatic rings. The lowest BCUT2D eigenvalue weighted by Crippen LogP contribution is -2.32. The molecule has 0 aliphatic heterocycles. The van der Waals surface area contributed by atoms with Gasteiger partial charge in [0.25, 0.3) is 5.91 Å². The minimum absolute atomic E-state index is 0.0643. The van der Waals surface area contributed by atoms with Crippen molar-refractivity contribution in [3.63, 3.8) is 0 Å². The second kappa shape index (κ2) is 9.14. The molecule has 0 fully saturated rings. The van der Waals surface area contributed by atoms with Crippen molar-refractivity contribution in [1.82, 2.24) is 4.72 Å². The van der Waals surface area contributed by atoms with Crippen LogP contribution in [0.1, 0.15) is 0 Å². The molecule has 0 bridgehead atoms. The zero-order valence-corrected chi connectivity index (χ0v) is 16.5. The van der Waals surface area contributed by atoms with Crippen LogP contribution in [-0.2, 0) is 24.3 Å². The average molecular weight is 452 g/mol. The third-order valence-electron chi connectivity index (χ3n) is 4.11. The van der Waals surface area contributed by atoms with E-state index in [-0.39, 0.29) is 4.90 Å². The van der Waals surface area contributed by atoms with E-state index in [0.29, 0.717) is 11.5 Å². The van der Waals surface area contributed by atoms with Crippen LogP contribution in [0.5, 0.6) is 0 Å². The Hall–Kier alpha value is -3.44. The van der Waals surface area contributed by atoms with Gasteiger partial charge in [-0.15, -0.1) is 0 Å². The molecule has 0 saturated heterocycles. The summed E-state index contributed by atoms with van der Waals surface area (Å²) in [7, 11) is -4.03. The summed E-state index contributed by atoms with van der Waals surface area (Å²) in [6.45, 7) is -1.66. The lowest BCUT2D eigenvalue weighted by Gasteiger charge is -2.09. The maximum atomic E-state index is 13.5. The lowest BCUT2D eigenvalue weighted by atomic mass is 10.1. The van der Waals surface area contributed by atoms with E-state index in [1.54, 1.807) is 18.2 Å². The number of benzene rings is 3. The average Bonchev–Trinajstić information content (AvgIpc) is 2.76. The number of carbonyl (C=O) groups is 2. The summed E-state index contributed by atoms with van der Waals surface area (Å²) in [5.41, 5.74) is -0.642. The van der Waals surface area contributed by atoms with Crippen LogP contribution in [0.25, 0.3) is 10.8 Å². The van der Waals surface area contributed by atoms with Gasteiger partial charge in [0.05, 0.1) is 10.6 Å². The molecule has 3 rings (SSSR count). The first kappa shape index (κ1) is 22.2. The molecule has 0 saturated carbocycles. The van der Waals surface area contributed by atoms with Gasteiger partial charge in [-0.2, -0.15) is 4.72 Å². The van der Waals surface area contributed by atoms with Crippen LogP contribution in [0.4, 0.5) is 18.9 Å². The molecule has 0 aromatic heterocycles. The molecule has 11 heteroatoms. The van der Waals surface area contributed by atoms with Crippen LogP contribution in [0.15, 0.2) is 59.5 Å². The molecule has 31 heavy (non-hydrogen) atoms. The molecule has 2 N–H and O–H groups in total. The van der Waals surface area contributed by atoms with Crippen LogP contribution in [0, 0.1) is 17.5 Å². The van der Waals surface area contributed by atoms with Crippen molar-refractivity contribution < 1.29 is 35.9 Å². The SMILES string of the molecule is O=C(COC(=O)CNS(=O)(=O)c1ccc2ccccc2c1)Nc1ccc(F)c(F)c1F. The van der Waals surface area contributed by atoms with Crippen LogP contribution in [0.3, 0.4) is 0 Å². The van der Waals surface area contributed by atoms with Gasteiger partial charge in [-0.1, -0.05) is 30.3 Å². The van der Waals surface area contributed by atoms with Crippen molar-refractivity contribution >= 4 is 38.4 Å². The normalized spacial score (nSPS) is 11.3. The quantitative estimate of drug-likeness (QED) is 0.424. The Morgan fingerprint density at radius 2 is 1.61 bits per heavy atom.